The molecule has 0 fully saturated rings. The molecule has 2 atom stereocenters. The van der Waals surface area contributed by atoms with Crippen LogP contribution in [0.25, 0.3) is 0 Å². The van der Waals surface area contributed by atoms with Gasteiger partial charge in [0.2, 0.25) is 5.91 Å². The van der Waals surface area contributed by atoms with Crippen molar-refractivity contribution in [2.75, 3.05) is 6.54 Å². The summed E-state index contributed by atoms with van der Waals surface area (Å²) in [5.74, 6) is -0.0907. The van der Waals surface area contributed by atoms with Crippen molar-refractivity contribution in [2.45, 2.75) is 39.0 Å². The number of benzene rings is 1. The van der Waals surface area contributed by atoms with Crippen LogP contribution < -0.4 is 10.6 Å². The minimum atomic E-state index is -0.711. The van der Waals surface area contributed by atoms with E-state index in [4.69, 9.17) is 5.26 Å². The topological polar surface area (TPSA) is 85.2 Å². The lowest BCUT2D eigenvalue weighted by Crippen LogP contribution is -2.45. The van der Waals surface area contributed by atoms with E-state index in [1.165, 1.54) is 0 Å². The summed E-state index contributed by atoms with van der Waals surface area (Å²) in [6.07, 6.45) is -0.711. The van der Waals surface area contributed by atoms with Gasteiger partial charge in [0.15, 0.2) is 0 Å². The van der Waals surface area contributed by atoms with Crippen molar-refractivity contribution in [1.82, 2.24) is 10.6 Å². The fourth-order valence-electron chi connectivity index (χ4n) is 1.69. The molecule has 0 radical (unpaired) electrons. The van der Waals surface area contributed by atoms with E-state index in [0.717, 1.165) is 0 Å². The molecular formula is C15H21N3O2. The van der Waals surface area contributed by atoms with Crippen molar-refractivity contribution >= 4 is 5.91 Å². The van der Waals surface area contributed by atoms with Gasteiger partial charge in [-0.3, -0.25) is 4.79 Å². The Kier molecular flexibility index (Phi) is 6.16. The third-order valence-electron chi connectivity index (χ3n) is 2.87. The summed E-state index contributed by atoms with van der Waals surface area (Å²) in [7, 11) is 0. The van der Waals surface area contributed by atoms with Crippen LogP contribution in [0.5, 0.6) is 0 Å². The maximum Gasteiger partial charge on any atom is 0.237 e. The minimum absolute atomic E-state index is 0.0907. The molecule has 2 unspecified atom stereocenters. The summed E-state index contributed by atoms with van der Waals surface area (Å²) in [5, 5.41) is 24.5. The standard InChI is InChI=1S/C15H21N3O2/c1-10(2)18-15(20)11(3)17-9-14(19)13-6-4-12(8-16)5-7-13/h4-7,10-11,14,17,19H,9H2,1-3H3,(H,18,20). The van der Waals surface area contributed by atoms with Crippen LogP contribution in [0, 0.1) is 11.3 Å². The maximum atomic E-state index is 11.7. The van der Waals surface area contributed by atoms with Gasteiger partial charge in [-0.2, -0.15) is 5.26 Å². The Balaban J connectivity index is 2.48. The number of amides is 1. The molecule has 0 aliphatic carbocycles. The van der Waals surface area contributed by atoms with Gasteiger partial charge in [-0.05, 0) is 38.5 Å². The van der Waals surface area contributed by atoms with Crippen LogP contribution >= 0.6 is 0 Å². The highest BCUT2D eigenvalue weighted by Gasteiger charge is 2.15. The highest BCUT2D eigenvalue weighted by molar-refractivity contribution is 5.81. The van der Waals surface area contributed by atoms with Gasteiger partial charge in [0.25, 0.3) is 0 Å². The van der Waals surface area contributed by atoms with E-state index in [1.54, 1.807) is 31.2 Å². The van der Waals surface area contributed by atoms with Crippen molar-refractivity contribution in [3.8, 4) is 6.07 Å². The normalized spacial score (nSPS) is 13.6. The van der Waals surface area contributed by atoms with Crippen LogP contribution in [0.3, 0.4) is 0 Å². The summed E-state index contributed by atoms with van der Waals surface area (Å²) in [4.78, 5) is 11.7. The zero-order valence-electron chi connectivity index (χ0n) is 12.1. The average Bonchev–Trinajstić information content (AvgIpc) is 2.43. The second kappa shape index (κ2) is 7.63. The fourth-order valence-corrected chi connectivity index (χ4v) is 1.69. The molecule has 108 valence electrons. The van der Waals surface area contributed by atoms with Gasteiger partial charge in [-0.1, -0.05) is 12.1 Å². The van der Waals surface area contributed by atoms with E-state index in [9.17, 15) is 9.90 Å². The molecule has 0 saturated heterocycles. The molecule has 0 heterocycles. The third-order valence-corrected chi connectivity index (χ3v) is 2.87. The third kappa shape index (κ3) is 5.00. The fraction of sp³-hybridized carbons (Fsp3) is 0.467. The van der Waals surface area contributed by atoms with E-state index in [0.29, 0.717) is 11.1 Å². The second-order valence-corrected chi connectivity index (χ2v) is 5.04. The van der Waals surface area contributed by atoms with Crippen LogP contribution in [0.15, 0.2) is 24.3 Å². The molecule has 0 spiro atoms. The molecule has 5 heteroatoms. The molecule has 0 aliphatic heterocycles. The quantitative estimate of drug-likeness (QED) is 0.725. The number of aliphatic hydroxyl groups excluding tert-OH is 1. The molecule has 20 heavy (non-hydrogen) atoms. The van der Waals surface area contributed by atoms with Crippen molar-refractivity contribution in [3.63, 3.8) is 0 Å². The molecule has 1 rings (SSSR count). The first-order valence-electron chi connectivity index (χ1n) is 6.66. The number of nitrogens with one attached hydrogen (secondary N) is 2. The van der Waals surface area contributed by atoms with E-state index in [-0.39, 0.29) is 24.5 Å². The van der Waals surface area contributed by atoms with Gasteiger partial charge >= 0.3 is 0 Å². The molecule has 5 nitrogen and oxygen atoms in total. The number of carbonyl (C=O) groups excluding carboxylic acids is 1. The summed E-state index contributed by atoms with van der Waals surface area (Å²) in [5.41, 5.74) is 1.27. The highest BCUT2D eigenvalue weighted by atomic mass is 16.3. The smallest absolute Gasteiger partial charge is 0.237 e. The number of nitrogens with zero attached hydrogens (tertiary/aromatic N) is 1. The number of nitriles is 1. The zero-order valence-corrected chi connectivity index (χ0v) is 12.1. The average molecular weight is 275 g/mol. The molecular weight excluding hydrogens is 254 g/mol. The Morgan fingerprint density at radius 1 is 1.30 bits per heavy atom. The Morgan fingerprint density at radius 3 is 2.40 bits per heavy atom. The number of aliphatic hydroxyl groups is 1. The van der Waals surface area contributed by atoms with Crippen LogP contribution in [0.1, 0.15) is 38.0 Å². The lowest BCUT2D eigenvalue weighted by Gasteiger charge is -2.18. The van der Waals surface area contributed by atoms with Gasteiger partial charge in [-0.15, -0.1) is 0 Å². The zero-order chi connectivity index (χ0) is 15.1. The molecule has 1 aromatic carbocycles. The summed E-state index contributed by atoms with van der Waals surface area (Å²) in [6.45, 7) is 5.83. The summed E-state index contributed by atoms with van der Waals surface area (Å²) in [6, 6.07) is 8.49. The van der Waals surface area contributed by atoms with Crippen LogP contribution in [-0.2, 0) is 4.79 Å². The Bertz CT molecular complexity index is 477. The first kappa shape index (κ1) is 16.2. The molecule has 3 N–H and O–H groups in total. The van der Waals surface area contributed by atoms with Gasteiger partial charge < -0.3 is 15.7 Å². The first-order valence-corrected chi connectivity index (χ1v) is 6.66. The SMILES string of the molecule is CC(C)NC(=O)C(C)NCC(O)c1ccc(C#N)cc1. The largest absolute Gasteiger partial charge is 0.387 e. The molecule has 0 aliphatic rings. The van der Waals surface area contributed by atoms with E-state index < -0.39 is 6.10 Å². The minimum Gasteiger partial charge on any atom is -0.387 e. The molecule has 1 aromatic rings. The van der Waals surface area contributed by atoms with E-state index in [2.05, 4.69) is 10.6 Å². The predicted molar refractivity (Wildman–Crippen MR) is 76.9 cm³/mol. The second-order valence-electron chi connectivity index (χ2n) is 5.04. The molecule has 0 saturated carbocycles. The predicted octanol–water partition coefficient (Wildman–Crippen LogP) is 1.09. The van der Waals surface area contributed by atoms with Crippen molar-refractivity contribution in [3.05, 3.63) is 35.4 Å². The van der Waals surface area contributed by atoms with Crippen molar-refractivity contribution in [1.29, 1.82) is 5.26 Å². The number of carbonyl (C=O) groups is 1. The van der Waals surface area contributed by atoms with Crippen LogP contribution in [-0.4, -0.2) is 29.6 Å². The van der Waals surface area contributed by atoms with E-state index >= 15 is 0 Å². The van der Waals surface area contributed by atoms with Crippen LogP contribution in [0.4, 0.5) is 0 Å². The van der Waals surface area contributed by atoms with Crippen molar-refractivity contribution in [2.24, 2.45) is 0 Å². The first-order chi connectivity index (χ1) is 9.43. The summed E-state index contributed by atoms with van der Waals surface area (Å²) >= 11 is 0. The van der Waals surface area contributed by atoms with Gasteiger partial charge in [-0.25, -0.2) is 0 Å². The highest BCUT2D eigenvalue weighted by Crippen LogP contribution is 2.12. The number of rotatable bonds is 6. The molecule has 0 aromatic heterocycles. The number of hydrogen-bond acceptors (Lipinski definition) is 4. The molecule has 0 bridgehead atoms. The summed E-state index contributed by atoms with van der Waals surface area (Å²) < 4.78 is 0. The monoisotopic (exact) mass is 275 g/mol. The Labute approximate surface area is 119 Å². The van der Waals surface area contributed by atoms with Gasteiger partial charge in [0.05, 0.1) is 23.8 Å². The van der Waals surface area contributed by atoms with Crippen LogP contribution in [0.2, 0.25) is 0 Å². The van der Waals surface area contributed by atoms with E-state index in [1.807, 2.05) is 19.9 Å². The number of hydrogen-bond donors (Lipinski definition) is 3. The maximum absolute atomic E-state index is 11.7. The van der Waals surface area contributed by atoms with Gasteiger partial charge in [0, 0.05) is 12.6 Å². The lowest BCUT2D eigenvalue weighted by atomic mass is 10.1. The lowest BCUT2D eigenvalue weighted by molar-refractivity contribution is -0.123. The molecule has 1 amide bonds. The Morgan fingerprint density at radius 2 is 1.90 bits per heavy atom. The van der Waals surface area contributed by atoms with Crippen molar-refractivity contribution < 1.29 is 9.90 Å². The Hall–Kier alpha value is -1.90. The van der Waals surface area contributed by atoms with Gasteiger partial charge in [0.1, 0.15) is 0 Å².